The lowest BCUT2D eigenvalue weighted by atomic mass is 10.3. The smallest absolute Gasteiger partial charge is 0.181 e. The van der Waals surface area contributed by atoms with Crippen LogP contribution in [0.5, 0.6) is 0 Å². The molecule has 0 atom stereocenters. The Labute approximate surface area is 63.4 Å². The first kappa shape index (κ1) is 6.15. The van der Waals surface area contributed by atoms with Crippen molar-refractivity contribution in [2.24, 2.45) is 0 Å². The second-order valence-electron chi connectivity index (χ2n) is 2.49. The Morgan fingerprint density at radius 3 is 3.18 bits per heavy atom. The molecule has 56 valence electrons. The summed E-state index contributed by atoms with van der Waals surface area (Å²) in [7, 11) is 0. The molecule has 0 spiro atoms. The second kappa shape index (κ2) is 1.95. The van der Waals surface area contributed by atoms with Crippen LogP contribution in [0.25, 0.3) is 11.0 Å². The standard InChI is InChI=1S/C7H8N4/c1-4-6-2-5(8)3-9-7(6)11-10-4/h2-3H,8H2,1H3,(H,9,10,11). The number of hydrogen-bond donors (Lipinski definition) is 2. The maximum Gasteiger partial charge on any atom is 0.181 e. The number of anilines is 1. The summed E-state index contributed by atoms with van der Waals surface area (Å²) in [6.07, 6.45) is 1.60. The van der Waals surface area contributed by atoms with E-state index in [2.05, 4.69) is 15.2 Å². The Morgan fingerprint density at radius 1 is 1.55 bits per heavy atom. The van der Waals surface area contributed by atoms with Crippen molar-refractivity contribution in [1.29, 1.82) is 0 Å². The number of nitrogen functional groups attached to an aromatic ring is 1. The minimum Gasteiger partial charge on any atom is -0.397 e. The van der Waals surface area contributed by atoms with E-state index in [0.29, 0.717) is 5.69 Å². The van der Waals surface area contributed by atoms with Crippen LogP contribution in [0.4, 0.5) is 5.69 Å². The number of pyridine rings is 1. The van der Waals surface area contributed by atoms with E-state index < -0.39 is 0 Å². The SMILES string of the molecule is Cc1[nH]nc2ncc(N)cc12. The molecule has 0 amide bonds. The molecular weight excluding hydrogens is 140 g/mol. The predicted octanol–water partition coefficient (Wildman–Crippen LogP) is 0.849. The molecular formula is C7H8N4. The van der Waals surface area contributed by atoms with Crippen molar-refractivity contribution in [3.05, 3.63) is 18.0 Å². The summed E-state index contributed by atoms with van der Waals surface area (Å²) in [5, 5.41) is 7.79. The lowest BCUT2D eigenvalue weighted by molar-refractivity contribution is 1.05. The third kappa shape index (κ3) is 0.832. The van der Waals surface area contributed by atoms with E-state index in [1.165, 1.54) is 0 Å². The third-order valence-corrected chi connectivity index (χ3v) is 1.62. The highest BCUT2D eigenvalue weighted by molar-refractivity contribution is 5.80. The van der Waals surface area contributed by atoms with Crippen LogP contribution in [-0.2, 0) is 0 Å². The molecule has 0 aliphatic heterocycles. The van der Waals surface area contributed by atoms with Gasteiger partial charge in [-0.25, -0.2) is 4.98 Å². The van der Waals surface area contributed by atoms with Crippen molar-refractivity contribution < 1.29 is 0 Å². The van der Waals surface area contributed by atoms with Crippen LogP contribution < -0.4 is 5.73 Å². The van der Waals surface area contributed by atoms with Crippen LogP contribution in [0.2, 0.25) is 0 Å². The molecule has 0 saturated carbocycles. The van der Waals surface area contributed by atoms with Gasteiger partial charge in [0.25, 0.3) is 0 Å². The molecule has 0 radical (unpaired) electrons. The molecule has 4 nitrogen and oxygen atoms in total. The molecule has 4 heteroatoms. The number of rotatable bonds is 0. The number of nitrogens with two attached hydrogens (primary N) is 1. The van der Waals surface area contributed by atoms with Crippen LogP contribution in [0.15, 0.2) is 12.3 Å². The number of fused-ring (bicyclic) bond motifs is 1. The normalized spacial score (nSPS) is 10.6. The van der Waals surface area contributed by atoms with E-state index in [-0.39, 0.29) is 0 Å². The zero-order valence-corrected chi connectivity index (χ0v) is 6.13. The lowest BCUT2D eigenvalue weighted by Crippen LogP contribution is -1.85. The highest BCUT2D eigenvalue weighted by Crippen LogP contribution is 2.14. The van der Waals surface area contributed by atoms with Crippen molar-refractivity contribution in [2.75, 3.05) is 5.73 Å². The summed E-state index contributed by atoms with van der Waals surface area (Å²) < 4.78 is 0. The summed E-state index contributed by atoms with van der Waals surface area (Å²) in [6.45, 7) is 1.94. The first-order valence-electron chi connectivity index (χ1n) is 3.33. The maximum atomic E-state index is 5.55. The van der Waals surface area contributed by atoms with Crippen LogP contribution >= 0.6 is 0 Å². The average molecular weight is 148 g/mol. The fourth-order valence-electron chi connectivity index (χ4n) is 1.04. The molecule has 11 heavy (non-hydrogen) atoms. The minimum atomic E-state index is 0.669. The van der Waals surface area contributed by atoms with Crippen molar-refractivity contribution in [3.63, 3.8) is 0 Å². The molecule has 2 heterocycles. The fourth-order valence-corrected chi connectivity index (χ4v) is 1.04. The number of nitrogens with one attached hydrogen (secondary N) is 1. The average Bonchev–Trinajstić information content (AvgIpc) is 2.33. The van der Waals surface area contributed by atoms with Crippen molar-refractivity contribution in [1.82, 2.24) is 15.2 Å². The highest BCUT2D eigenvalue weighted by atomic mass is 15.1. The zero-order valence-electron chi connectivity index (χ0n) is 6.13. The number of aromatic nitrogens is 3. The van der Waals surface area contributed by atoms with Crippen molar-refractivity contribution in [3.8, 4) is 0 Å². The molecule has 0 fully saturated rings. The number of nitrogens with zero attached hydrogens (tertiary/aromatic N) is 2. The van der Waals surface area contributed by atoms with Crippen LogP contribution in [-0.4, -0.2) is 15.2 Å². The summed E-state index contributed by atoms with van der Waals surface area (Å²) in [6, 6.07) is 1.86. The largest absolute Gasteiger partial charge is 0.397 e. The van der Waals surface area contributed by atoms with Gasteiger partial charge in [-0.3, -0.25) is 5.10 Å². The van der Waals surface area contributed by atoms with Gasteiger partial charge in [-0.15, -0.1) is 0 Å². The van der Waals surface area contributed by atoms with Gasteiger partial charge in [0, 0.05) is 11.1 Å². The monoisotopic (exact) mass is 148 g/mol. The Bertz CT molecular complexity index is 390. The zero-order chi connectivity index (χ0) is 7.84. The molecule has 0 saturated heterocycles. The van der Waals surface area contributed by atoms with Gasteiger partial charge in [-0.2, -0.15) is 5.10 Å². The summed E-state index contributed by atoms with van der Waals surface area (Å²) in [5.41, 5.74) is 7.94. The van der Waals surface area contributed by atoms with Gasteiger partial charge in [0.1, 0.15) is 0 Å². The number of aryl methyl sites for hydroxylation is 1. The Hall–Kier alpha value is -1.58. The first-order valence-corrected chi connectivity index (χ1v) is 3.33. The van der Waals surface area contributed by atoms with E-state index in [4.69, 9.17) is 5.73 Å². The fraction of sp³-hybridized carbons (Fsp3) is 0.143. The number of H-pyrrole nitrogens is 1. The molecule has 0 aromatic carbocycles. The third-order valence-electron chi connectivity index (χ3n) is 1.62. The summed E-state index contributed by atoms with van der Waals surface area (Å²) in [4.78, 5) is 4.03. The van der Waals surface area contributed by atoms with Gasteiger partial charge in [0.15, 0.2) is 5.65 Å². The van der Waals surface area contributed by atoms with Crippen LogP contribution in [0.3, 0.4) is 0 Å². The Morgan fingerprint density at radius 2 is 2.36 bits per heavy atom. The quantitative estimate of drug-likeness (QED) is 0.582. The Balaban J connectivity index is 2.87. The van der Waals surface area contributed by atoms with Crippen LogP contribution in [0.1, 0.15) is 5.69 Å². The highest BCUT2D eigenvalue weighted by Gasteiger charge is 2.00. The number of aromatic amines is 1. The molecule has 2 aromatic rings. The molecule has 2 aromatic heterocycles. The number of hydrogen-bond acceptors (Lipinski definition) is 3. The van der Waals surface area contributed by atoms with E-state index in [1.54, 1.807) is 6.20 Å². The van der Waals surface area contributed by atoms with E-state index in [1.807, 2.05) is 13.0 Å². The summed E-state index contributed by atoms with van der Waals surface area (Å²) >= 11 is 0. The van der Waals surface area contributed by atoms with Crippen LogP contribution in [0, 0.1) is 6.92 Å². The minimum absolute atomic E-state index is 0.669. The van der Waals surface area contributed by atoms with Gasteiger partial charge in [-0.1, -0.05) is 0 Å². The van der Waals surface area contributed by atoms with Gasteiger partial charge < -0.3 is 5.73 Å². The maximum absolute atomic E-state index is 5.55. The molecule has 3 N–H and O–H groups in total. The van der Waals surface area contributed by atoms with Crippen molar-refractivity contribution in [2.45, 2.75) is 6.92 Å². The second-order valence-corrected chi connectivity index (χ2v) is 2.49. The van der Waals surface area contributed by atoms with Gasteiger partial charge in [-0.05, 0) is 13.0 Å². The molecule has 0 bridgehead atoms. The molecule has 2 rings (SSSR count). The Kier molecular flexibility index (Phi) is 1.09. The molecule has 0 aliphatic carbocycles. The predicted molar refractivity (Wildman–Crippen MR) is 43.0 cm³/mol. The first-order chi connectivity index (χ1) is 5.27. The van der Waals surface area contributed by atoms with Gasteiger partial charge in [0.2, 0.25) is 0 Å². The van der Waals surface area contributed by atoms with E-state index >= 15 is 0 Å². The molecule has 0 aliphatic rings. The summed E-state index contributed by atoms with van der Waals surface area (Å²) in [5.74, 6) is 0. The van der Waals surface area contributed by atoms with Crippen molar-refractivity contribution >= 4 is 16.7 Å². The lowest BCUT2D eigenvalue weighted by Gasteiger charge is -1.90. The topological polar surface area (TPSA) is 67.6 Å². The van der Waals surface area contributed by atoms with Gasteiger partial charge in [0.05, 0.1) is 11.9 Å². The van der Waals surface area contributed by atoms with E-state index in [0.717, 1.165) is 16.7 Å². The van der Waals surface area contributed by atoms with Gasteiger partial charge >= 0.3 is 0 Å². The van der Waals surface area contributed by atoms with E-state index in [9.17, 15) is 0 Å². The molecule has 0 unspecified atom stereocenters.